The number of hydrogen-bond donors (Lipinski definition) is 2. The number of rotatable bonds is 7. The number of benzene rings is 2. The van der Waals surface area contributed by atoms with Gasteiger partial charge in [-0.2, -0.15) is 0 Å². The molecule has 0 bridgehead atoms. The minimum absolute atomic E-state index is 0.0338. The van der Waals surface area contributed by atoms with Gasteiger partial charge in [0, 0.05) is 18.0 Å². The number of hydrogen-bond acceptors (Lipinski definition) is 6. The summed E-state index contributed by atoms with van der Waals surface area (Å²) in [7, 11) is -2.45. The van der Waals surface area contributed by atoms with E-state index in [9.17, 15) is 13.2 Å². The maximum Gasteiger partial charge on any atom is 0.271 e. The van der Waals surface area contributed by atoms with E-state index >= 15 is 0 Å². The van der Waals surface area contributed by atoms with Crippen molar-refractivity contribution in [1.29, 1.82) is 0 Å². The van der Waals surface area contributed by atoms with Gasteiger partial charge >= 0.3 is 0 Å². The van der Waals surface area contributed by atoms with Gasteiger partial charge in [-0.25, -0.2) is 8.42 Å². The number of anilines is 1. The first kappa shape index (κ1) is 19.3. The smallest absolute Gasteiger partial charge is 0.271 e. The van der Waals surface area contributed by atoms with Gasteiger partial charge in [0.2, 0.25) is 0 Å². The molecule has 1 aliphatic rings. The largest absolute Gasteiger partial charge is 0.366 e. The van der Waals surface area contributed by atoms with Crippen LogP contribution in [-0.2, 0) is 16.5 Å². The zero-order chi connectivity index (χ0) is 20.5. The van der Waals surface area contributed by atoms with E-state index in [-0.39, 0.29) is 11.4 Å². The van der Waals surface area contributed by atoms with Gasteiger partial charge in [-0.3, -0.25) is 4.79 Å². The van der Waals surface area contributed by atoms with Crippen LogP contribution in [0.2, 0.25) is 0 Å². The van der Waals surface area contributed by atoms with Gasteiger partial charge in [-0.1, -0.05) is 30.3 Å². The molecule has 7 nitrogen and oxygen atoms in total. The first-order chi connectivity index (χ1) is 14.0. The van der Waals surface area contributed by atoms with Crippen molar-refractivity contribution in [2.75, 3.05) is 11.4 Å². The second-order valence-electron chi connectivity index (χ2n) is 7.20. The molecule has 0 aliphatic heterocycles. The third-order valence-electron chi connectivity index (χ3n) is 5.18. The summed E-state index contributed by atoms with van der Waals surface area (Å²) in [5, 5.41) is 9.23. The van der Waals surface area contributed by atoms with Crippen LogP contribution in [0.25, 0.3) is 22.0 Å². The molecule has 1 aliphatic carbocycles. The van der Waals surface area contributed by atoms with E-state index in [4.69, 9.17) is 5.73 Å². The molecule has 3 aromatic rings. The Hall–Kier alpha value is -3.00. The van der Waals surface area contributed by atoms with E-state index in [1.165, 1.54) is 0 Å². The minimum Gasteiger partial charge on any atom is -0.366 e. The number of amides is 1. The third-order valence-corrected chi connectivity index (χ3v) is 5.81. The van der Waals surface area contributed by atoms with Crippen molar-refractivity contribution in [1.82, 2.24) is 10.2 Å². The summed E-state index contributed by atoms with van der Waals surface area (Å²) in [6, 6.07) is 13.7. The topological polar surface area (TPSA) is 106 Å². The Bertz CT molecular complexity index is 1150. The Morgan fingerprint density at radius 1 is 1.10 bits per heavy atom. The molecule has 29 heavy (non-hydrogen) atoms. The second-order valence-corrected chi connectivity index (χ2v) is 8.18. The molecule has 8 heteroatoms. The van der Waals surface area contributed by atoms with Gasteiger partial charge in [0.05, 0.1) is 17.0 Å². The summed E-state index contributed by atoms with van der Waals surface area (Å²) in [6.07, 6.45) is 2.18. The molecule has 1 heterocycles. The molecule has 4 rings (SSSR count). The van der Waals surface area contributed by atoms with Crippen molar-refractivity contribution < 1.29 is 13.2 Å². The molecule has 0 unspecified atom stereocenters. The lowest BCUT2D eigenvalue weighted by Gasteiger charge is -2.25. The van der Waals surface area contributed by atoms with E-state index in [0.717, 1.165) is 47.2 Å². The number of fused-ring (bicyclic) bond motifs is 1. The van der Waals surface area contributed by atoms with E-state index in [2.05, 4.69) is 22.0 Å². The quantitative estimate of drug-likeness (QED) is 0.580. The van der Waals surface area contributed by atoms with Crippen molar-refractivity contribution in [2.24, 2.45) is 5.73 Å². The third kappa shape index (κ3) is 3.93. The molecular formula is C21H22N4O3S. The number of carbonyl (C=O) groups is 1. The minimum atomic E-state index is -2.45. The van der Waals surface area contributed by atoms with Crippen LogP contribution < -0.4 is 10.6 Å². The van der Waals surface area contributed by atoms with Crippen LogP contribution in [0.15, 0.2) is 42.5 Å². The maximum atomic E-state index is 12.0. The number of carbonyl (C=O) groups excluding carboxylic acids is 1. The number of thiol groups is 1. The Morgan fingerprint density at radius 2 is 1.79 bits per heavy atom. The Kier molecular flexibility index (Phi) is 5.19. The van der Waals surface area contributed by atoms with E-state index in [1.54, 1.807) is 0 Å². The Labute approximate surface area is 170 Å². The number of aromatic nitrogens is 2. The van der Waals surface area contributed by atoms with Crippen molar-refractivity contribution >= 4 is 33.2 Å². The average molecular weight is 410 g/mol. The lowest BCUT2D eigenvalue weighted by Crippen LogP contribution is -2.29. The fraction of sp³-hybridized carbons (Fsp3) is 0.286. The summed E-state index contributed by atoms with van der Waals surface area (Å²) in [6.45, 7) is 2.82. The SMILES string of the molecule is CCN(c1c(C(N)=O)nnc2cc(-c3ccc(C[SH](=O)=O)cc3)ccc12)C1CC1. The summed E-state index contributed by atoms with van der Waals surface area (Å²) >= 11 is 0. The monoisotopic (exact) mass is 410 g/mol. The molecule has 0 spiro atoms. The zero-order valence-electron chi connectivity index (χ0n) is 16.0. The highest BCUT2D eigenvalue weighted by atomic mass is 32.2. The summed E-state index contributed by atoms with van der Waals surface area (Å²) in [4.78, 5) is 14.2. The number of primary amides is 1. The highest BCUT2D eigenvalue weighted by Crippen LogP contribution is 2.37. The normalized spacial score (nSPS) is 13.7. The zero-order valence-corrected chi connectivity index (χ0v) is 16.9. The summed E-state index contributed by atoms with van der Waals surface area (Å²) < 4.78 is 21.8. The lowest BCUT2D eigenvalue weighted by molar-refractivity contribution is 0.0995. The van der Waals surface area contributed by atoms with Crippen LogP contribution >= 0.6 is 0 Å². The van der Waals surface area contributed by atoms with E-state index in [0.29, 0.717) is 11.6 Å². The molecule has 1 saturated carbocycles. The van der Waals surface area contributed by atoms with Crippen LogP contribution in [0.3, 0.4) is 0 Å². The first-order valence-corrected chi connectivity index (χ1v) is 10.9. The lowest BCUT2D eigenvalue weighted by atomic mass is 10.0. The molecule has 2 N–H and O–H groups in total. The van der Waals surface area contributed by atoms with Crippen LogP contribution in [0.4, 0.5) is 5.69 Å². The molecular weight excluding hydrogens is 388 g/mol. The maximum absolute atomic E-state index is 12.0. The van der Waals surface area contributed by atoms with Gasteiger partial charge in [0.1, 0.15) is 10.7 Å². The molecule has 1 amide bonds. The van der Waals surface area contributed by atoms with Crippen molar-refractivity contribution in [2.45, 2.75) is 31.6 Å². The molecule has 0 atom stereocenters. The van der Waals surface area contributed by atoms with Gasteiger partial charge in [-0.05, 0) is 48.6 Å². The van der Waals surface area contributed by atoms with Gasteiger partial charge in [0.15, 0.2) is 5.69 Å². The highest BCUT2D eigenvalue weighted by molar-refractivity contribution is 7.71. The fourth-order valence-corrected chi connectivity index (χ4v) is 4.18. The molecule has 1 fully saturated rings. The van der Waals surface area contributed by atoms with Crippen molar-refractivity contribution in [3.8, 4) is 11.1 Å². The predicted octanol–water partition coefficient (Wildman–Crippen LogP) is 2.50. The van der Waals surface area contributed by atoms with Crippen LogP contribution in [0.5, 0.6) is 0 Å². The fourth-order valence-electron chi connectivity index (χ4n) is 3.67. The van der Waals surface area contributed by atoms with Crippen molar-refractivity contribution in [3.05, 3.63) is 53.7 Å². The summed E-state index contributed by atoms with van der Waals surface area (Å²) in [5.74, 6) is -0.545. The van der Waals surface area contributed by atoms with Gasteiger partial charge in [-0.15, -0.1) is 10.2 Å². The summed E-state index contributed by atoms with van der Waals surface area (Å²) in [5.41, 5.74) is 9.87. The van der Waals surface area contributed by atoms with Crippen LogP contribution in [-0.4, -0.2) is 37.1 Å². The van der Waals surface area contributed by atoms with Crippen LogP contribution in [0.1, 0.15) is 35.8 Å². The van der Waals surface area contributed by atoms with Gasteiger partial charge in [0.25, 0.3) is 5.91 Å². The van der Waals surface area contributed by atoms with Crippen molar-refractivity contribution in [3.63, 3.8) is 0 Å². The molecule has 150 valence electrons. The first-order valence-electron chi connectivity index (χ1n) is 9.56. The average Bonchev–Trinajstić information content (AvgIpc) is 3.53. The van der Waals surface area contributed by atoms with E-state index < -0.39 is 16.6 Å². The van der Waals surface area contributed by atoms with Gasteiger partial charge < -0.3 is 10.6 Å². The second kappa shape index (κ2) is 7.79. The molecule has 2 aromatic carbocycles. The molecule has 0 saturated heterocycles. The molecule has 0 radical (unpaired) electrons. The molecule has 1 aromatic heterocycles. The van der Waals surface area contributed by atoms with E-state index in [1.807, 2.05) is 42.5 Å². The number of nitrogens with two attached hydrogens (primary N) is 1. The highest BCUT2D eigenvalue weighted by Gasteiger charge is 2.32. The predicted molar refractivity (Wildman–Crippen MR) is 114 cm³/mol. The standard InChI is InChI=1S/C21H22N4O3S/c1-2-25(16-8-9-16)20-17-10-7-15(11-18(17)23-24-19(20)21(22)26)14-5-3-13(4-6-14)12-29(27)28/h3-7,10-11,16,29H,2,8-9,12H2,1H3,(H2,22,26). The van der Waals surface area contributed by atoms with Crippen LogP contribution in [0, 0.1) is 0 Å². The Morgan fingerprint density at radius 3 is 2.38 bits per heavy atom. The Balaban J connectivity index is 1.78. The number of nitrogens with zero attached hydrogens (tertiary/aromatic N) is 3.